The molecule has 2 rings (SSSR count). The molecule has 19 heavy (non-hydrogen) atoms. The fourth-order valence-corrected chi connectivity index (χ4v) is 2.74. The molecule has 0 unspecified atom stereocenters. The number of fused-ring (bicyclic) bond motifs is 1. The number of H-pyrrole nitrogens is 1. The second kappa shape index (κ2) is 5.34. The molecule has 0 radical (unpaired) electrons. The van der Waals surface area contributed by atoms with Crippen LogP contribution in [0.2, 0.25) is 0 Å². The van der Waals surface area contributed by atoms with Crippen LogP contribution in [0.1, 0.15) is 20.8 Å². The molecule has 6 heteroatoms. The van der Waals surface area contributed by atoms with E-state index in [4.69, 9.17) is 17.0 Å². The highest BCUT2D eigenvalue weighted by Crippen LogP contribution is 2.25. The second-order valence-corrected chi connectivity index (χ2v) is 6.23. The van der Waals surface area contributed by atoms with Crippen LogP contribution in [0.25, 0.3) is 11.0 Å². The zero-order valence-corrected chi connectivity index (χ0v) is 13.5. The lowest BCUT2D eigenvalue weighted by Crippen LogP contribution is -2.30. The van der Waals surface area contributed by atoms with Crippen LogP contribution in [0.4, 0.5) is 4.39 Å². The van der Waals surface area contributed by atoms with Crippen molar-refractivity contribution in [1.29, 1.82) is 0 Å². The third-order valence-electron chi connectivity index (χ3n) is 2.89. The largest absolute Gasteiger partial charge is 0.374 e. The molecule has 1 heterocycles. The molecule has 0 atom stereocenters. The highest BCUT2D eigenvalue weighted by atomic mass is 79.9. The number of nitrogens with one attached hydrogen (secondary N) is 1. The van der Waals surface area contributed by atoms with Gasteiger partial charge in [-0.25, -0.2) is 4.39 Å². The van der Waals surface area contributed by atoms with Crippen molar-refractivity contribution in [3.8, 4) is 0 Å². The minimum atomic E-state index is -0.356. The average Bonchev–Trinajstić information content (AvgIpc) is 2.56. The van der Waals surface area contributed by atoms with Crippen molar-refractivity contribution >= 4 is 39.2 Å². The predicted molar refractivity (Wildman–Crippen MR) is 80.5 cm³/mol. The third-order valence-corrected chi connectivity index (χ3v) is 3.82. The number of imidazole rings is 1. The Balaban J connectivity index is 2.51. The summed E-state index contributed by atoms with van der Waals surface area (Å²) in [6, 6.07) is 3.18. The summed E-state index contributed by atoms with van der Waals surface area (Å²) in [6.07, 6.45) is 0. The Kier molecular flexibility index (Phi) is 4.13. The zero-order chi connectivity index (χ0) is 14.2. The molecule has 1 aromatic carbocycles. The lowest BCUT2D eigenvalue weighted by molar-refractivity contribution is -0.0219. The number of aromatic nitrogens is 2. The maximum atomic E-state index is 13.7. The molecule has 0 aliphatic heterocycles. The van der Waals surface area contributed by atoms with E-state index in [1.165, 1.54) is 6.07 Å². The van der Waals surface area contributed by atoms with Gasteiger partial charge in [0.15, 0.2) is 4.77 Å². The van der Waals surface area contributed by atoms with Crippen molar-refractivity contribution < 1.29 is 9.13 Å². The Labute approximate surface area is 124 Å². The molecule has 0 aliphatic rings. The standard InChI is InChI=1S/C13H16BrFN2OS/c1-4-18-13(2,3)7-17-11-6-9(15)8(14)5-10(11)16-12(17)19/h5-6H,4,7H2,1-3H3,(H,16,19). The number of hydrogen-bond acceptors (Lipinski definition) is 2. The lowest BCUT2D eigenvalue weighted by atomic mass is 10.1. The maximum Gasteiger partial charge on any atom is 0.178 e. The van der Waals surface area contributed by atoms with Crippen molar-refractivity contribution in [2.75, 3.05) is 6.61 Å². The Bertz CT molecular complexity index is 662. The molecule has 0 saturated carbocycles. The van der Waals surface area contributed by atoms with E-state index < -0.39 is 0 Å². The van der Waals surface area contributed by atoms with Crippen LogP contribution in [0, 0.1) is 10.6 Å². The molecule has 0 aliphatic carbocycles. The molecule has 1 aromatic heterocycles. The van der Waals surface area contributed by atoms with Crippen LogP contribution in [-0.2, 0) is 11.3 Å². The monoisotopic (exact) mass is 346 g/mol. The third kappa shape index (κ3) is 3.07. The van der Waals surface area contributed by atoms with Gasteiger partial charge in [0.1, 0.15) is 5.82 Å². The predicted octanol–water partition coefficient (Wildman–Crippen LogP) is 4.42. The summed E-state index contributed by atoms with van der Waals surface area (Å²) in [7, 11) is 0. The number of benzene rings is 1. The summed E-state index contributed by atoms with van der Waals surface area (Å²) in [5, 5.41) is 0. The van der Waals surface area contributed by atoms with E-state index in [2.05, 4.69) is 20.9 Å². The minimum Gasteiger partial charge on any atom is -0.374 e. The van der Waals surface area contributed by atoms with E-state index in [-0.39, 0.29) is 11.4 Å². The fourth-order valence-electron chi connectivity index (χ4n) is 2.13. The summed E-state index contributed by atoms with van der Waals surface area (Å²) < 4.78 is 22.2. The Morgan fingerprint density at radius 3 is 2.79 bits per heavy atom. The van der Waals surface area contributed by atoms with Crippen molar-refractivity contribution in [3.05, 3.63) is 27.2 Å². The first kappa shape index (κ1) is 14.7. The maximum absolute atomic E-state index is 13.7. The molecular weight excluding hydrogens is 331 g/mol. The van der Waals surface area contributed by atoms with Crippen molar-refractivity contribution in [2.45, 2.75) is 32.9 Å². The average molecular weight is 347 g/mol. The highest BCUT2D eigenvalue weighted by Gasteiger charge is 2.20. The van der Waals surface area contributed by atoms with Crippen LogP contribution >= 0.6 is 28.1 Å². The van der Waals surface area contributed by atoms with Crippen LogP contribution in [-0.4, -0.2) is 21.8 Å². The smallest absolute Gasteiger partial charge is 0.178 e. The summed E-state index contributed by atoms with van der Waals surface area (Å²) in [5.74, 6) is -0.301. The molecule has 3 nitrogen and oxygen atoms in total. The number of rotatable bonds is 4. The van der Waals surface area contributed by atoms with Crippen molar-refractivity contribution in [1.82, 2.24) is 9.55 Å². The van der Waals surface area contributed by atoms with Crippen LogP contribution < -0.4 is 0 Å². The van der Waals surface area contributed by atoms with E-state index in [1.807, 2.05) is 25.3 Å². The van der Waals surface area contributed by atoms with Crippen molar-refractivity contribution in [2.24, 2.45) is 0 Å². The first-order valence-corrected chi connectivity index (χ1v) is 7.25. The van der Waals surface area contributed by atoms with E-state index in [0.717, 1.165) is 11.0 Å². The number of halogens is 2. The number of ether oxygens (including phenoxy) is 1. The van der Waals surface area contributed by atoms with Gasteiger partial charge in [-0.3, -0.25) is 0 Å². The van der Waals surface area contributed by atoms with Crippen LogP contribution in [0.5, 0.6) is 0 Å². The van der Waals surface area contributed by atoms with Gasteiger partial charge in [-0.1, -0.05) is 0 Å². The Morgan fingerprint density at radius 2 is 2.16 bits per heavy atom. The van der Waals surface area contributed by atoms with Gasteiger partial charge in [-0.15, -0.1) is 0 Å². The molecule has 104 valence electrons. The van der Waals surface area contributed by atoms with E-state index >= 15 is 0 Å². The Morgan fingerprint density at radius 1 is 1.47 bits per heavy atom. The number of hydrogen-bond donors (Lipinski definition) is 1. The molecular formula is C13H16BrFN2OS. The number of nitrogens with zero attached hydrogens (tertiary/aromatic N) is 1. The van der Waals surface area contributed by atoms with E-state index in [1.54, 1.807) is 6.07 Å². The molecule has 0 fully saturated rings. The normalized spacial score (nSPS) is 12.3. The van der Waals surface area contributed by atoms with Crippen LogP contribution in [0.15, 0.2) is 16.6 Å². The molecule has 0 amide bonds. The summed E-state index contributed by atoms with van der Waals surface area (Å²) in [6.45, 7) is 7.13. The molecule has 0 bridgehead atoms. The first-order valence-electron chi connectivity index (χ1n) is 6.05. The van der Waals surface area contributed by atoms with Gasteiger partial charge in [0.2, 0.25) is 0 Å². The quantitative estimate of drug-likeness (QED) is 0.830. The van der Waals surface area contributed by atoms with Gasteiger partial charge in [-0.05, 0) is 55.0 Å². The van der Waals surface area contributed by atoms with E-state index in [9.17, 15) is 4.39 Å². The summed E-state index contributed by atoms with van der Waals surface area (Å²) in [4.78, 5) is 3.09. The molecule has 0 saturated heterocycles. The van der Waals surface area contributed by atoms with Gasteiger partial charge in [0.05, 0.1) is 27.7 Å². The molecule has 1 N–H and O–H groups in total. The van der Waals surface area contributed by atoms with Gasteiger partial charge < -0.3 is 14.3 Å². The highest BCUT2D eigenvalue weighted by molar-refractivity contribution is 9.10. The number of aromatic amines is 1. The fraction of sp³-hybridized carbons (Fsp3) is 0.462. The Hall–Kier alpha value is -0.720. The van der Waals surface area contributed by atoms with Crippen molar-refractivity contribution in [3.63, 3.8) is 0 Å². The first-order chi connectivity index (χ1) is 8.84. The molecule has 0 spiro atoms. The lowest BCUT2D eigenvalue weighted by Gasteiger charge is -2.25. The summed E-state index contributed by atoms with van der Waals surface area (Å²) in [5.41, 5.74) is 1.20. The van der Waals surface area contributed by atoms with Crippen LogP contribution in [0.3, 0.4) is 0 Å². The van der Waals surface area contributed by atoms with Gasteiger partial charge in [0, 0.05) is 12.7 Å². The minimum absolute atomic E-state index is 0.301. The topological polar surface area (TPSA) is 29.9 Å². The van der Waals surface area contributed by atoms with Gasteiger partial charge >= 0.3 is 0 Å². The van der Waals surface area contributed by atoms with E-state index in [0.29, 0.717) is 22.4 Å². The summed E-state index contributed by atoms with van der Waals surface area (Å²) >= 11 is 8.48. The van der Waals surface area contributed by atoms with Gasteiger partial charge in [-0.2, -0.15) is 0 Å². The zero-order valence-electron chi connectivity index (χ0n) is 11.1. The van der Waals surface area contributed by atoms with Gasteiger partial charge in [0.25, 0.3) is 0 Å². The molecule has 2 aromatic rings. The second-order valence-electron chi connectivity index (χ2n) is 4.99. The SMILES string of the molecule is CCOC(C)(C)Cn1c(=S)[nH]c2cc(Br)c(F)cc21.